The van der Waals surface area contributed by atoms with E-state index >= 15 is 0 Å². The van der Waals surface area contributed by atoms with E-state index in [2.05, 4.69) is 10.3 Å². The van der Waals surface area contributed by atoms with Crippen LogP contribution >= 0.6 is 23.1 Å². The predicted octanol–water partition coefficient (Wildman–Crippen LogP) is 2.81. The summed E-state index contributed by atoms with van der Waals surface area (Å²) in [5, 5.41) is 16.1. The number of hydrogen-bond acceptors (Lipinski definition) is 5. The third-order valence-electron chi connectivity index (χ3n) is 3.93. The SMILES string of the molecule is Cc1nc(-c2ccsc2)ccc1C(=O)NC1(C(=O)O)CCSC1. The summed E-state index contributed by atoms with van der Waals surface area (Å²) < 4.78 is 0. The number of carboxylic acid groups (broad SMARTS) is 1. The van der Waals surface area contributed by atoms with Gasteiger partial charge in [0, 0.05) is 16.7 Å². The van der Waals surface area contributed by atoms with Crippen LogP contribution in [0.25, 0.3) is 11.3 Å². The lowest BCUT2D eigenvalue weighted by Crippen LogP contribution is -2.54. The Hall–Kier alpha value is -1.86. The van der Waals surface area contributed by atoms with E-state index in [9.17, 15) is 14.7 Å². The van der Waals surface area contributed by atoms with E-state index in [-0.39, 0.29) is 5.91 Å². The van der Waals surface area contributed by atoms with E-state index in [1.54, 1.807) is 42.2 Å². The number of carboxylic acids is 1. The highest BCUT2D eigenvalue weighted by Gasteiger charge is 2.43. The molecule has 1 fully saturated rings. The maximum atomic E-state index is 12.5. The molecule has 0 radical (unpaired) electrons. The van der Waals surface area contributed by atoms with Crippen LogP contribution in [0.5, 0.6) is 0 Å². The number of pyridine rings is 1. The van der Waals surface area contributed by atoms with Crippen LogP contribution in [0, 0.1) is 6.92 Å². The molecule has 1 amide bonds. The molecule has 1 aliphatic rings. The topological polar surface area (TPSA) is 79.3 Å². The molecule has 3 rings (SSSR count). The number of rotatable bonds is 4. The fourth-order valence-electron chi connectivity index (χ4n) is 2.54. The van der Waals surface area contributed by atoms with Gasteiger partial charge in [-0.1, -0.05) is 0 Å². The van der Waals surface area contributed by atoms with Crippen molar-refractivity contribution < 1.29 is 14.7 Å². The van der Waals surface area contributed by atoms with E-state index in [4.69, 9.17) is 0 Å². The first-order valence-corrected chi connectivity index (χ1v) is 9.25. The number of carbonyl (C=O) groups excluding carboxylic acids is 1. The molecule has 23 heavy (non-hydrogen) atoms. The third kappa shape index (κ3) is 3.11. The van der Waals surface area contributed by atoms with E-state index in [0.29, 0.717) is 23.4 Å². The standard InChI is InChI=1S/C16H16N2O3S2/c1-10-12(2-3-13(17-10)11-4-6-22-8-11)14(19)18-16(15(20)21)5-7-23-9-16/h2-4,6,8H,5,7,9H2,1H3,(H,18,19)(H,20,21). The Morgan fingerprint density at radius 2 is 2.17 bits per heavy atom. The zero-order chi connectivity index (χ0) is 16.4. The van der Waals surface area contributed by atoms with Crippen molar-refractivity contribution in [2.24, 2.45) is 0 Å². The molecule has 2 N–H and O–H groups in total. The quantitative estimate of drug-likeness (QED) is 0.888. The number of thioether (sulfide) groups is 1. The van der Waals surface area contributed by atoms with Gasteiger partial charge in [0.2, 0.25) is 0 Å². The fourth-order valence-corrected chi connectivity index (χ4v) is 4.52. The normalized spacial score (nSPS) is 20.4. The Morgan fingerprint density at radius 3 is 2.74 bits per heavy atom. The van der Waals surface area contributed by atoms with Gasteiger partial charge in [0.05, 0.1) is 17.0 Å². The molecule has 2 aromatic heterocycles. The Bertz CT molecular complexity index is 738. The number of aryl methyl sites for hydroxylation is 1. The van der Waals surface area contributed by atoms with Gasteiger partial charge in [-0.05, 0) is 42.7 Å². The highest BCUT2D eigenvalue weighted by molar-refractivity contribution is 7.99. The summed E-state index contributed by atoms with van der Waals surface area (Å²) in [7, 11) is 0. The van der Waals surface area contributed by atoms with Crippen molar-refractivity contribution in [2.45, 2.75) is 18.9 Å². The molecule has 1 aliphatic heterocycles. The highest BCUT2D eigenvalue weighted by Crippen LogP contribution is 2.29. The first-order chi connectivity index (χ1) is 11.0. The van der Waals surface area contributed by atoms with Crippen molar-refractivity contribution >= 4 is 35.0 Å². The van der Waals surface area contributed by atoms with E-state index in [1.165, 1.54) is 0 Å². The first-order valence-electron chi connectivity index (χ1n) is 7.16. The predicted molar refractivity (Wildman–Crippen MR) is 92.1 cm³/mol. The van der Waals surface area contributed by atoms with Gasteiger partial charge in [-0.15, -0.1) is 0 Å². The highest BCUT2D eigenvalue weighted by atomic mass is 32.2. The molecule has 0 bridgehead atoms. The number of aliphatic carboxylic acids is 1. The van der Waals surface area contributed by atoms with Crippen LogP contribution in [-0.4, -0.2) is 39.0 Å². The minimum absolute atomic E-state index is 0.378. The first kappa shape index (κ1) is 16.0. The summed E-state index contributed by atoms with van der Waals surface area (Å²) in [5.41, 5.74) is 1.67. The maximum Gasteiger partial charge on any atom is 0.330 e. The zero-order valence-corrected chi connectivity index (χ0v) is 14.2. The molecule has 0 aromatic carbocycles. The number of amides is 1. The van der Waals surface area contributed by atoms with E-state index in [1.807, 2.05) is 16.8 Å². The lowest BCUT2D eigenvalue weighted by molar-refractivity contribution is -0.143. The van der Waals surface area contributed by atoms with Crippen molar-refractivity contribution in [3.05, 3.63) is 40.2 Å². The minimum Gasteiger partial charge on any atom is -0.479 e. The van der Waals surface area contributed by atoms with Crippen molar-refractivity contribution in [1.29, 1.82) is 0 Å². The number of hydrogen-bond donors (Lipinski definition) is 2. The summed E-state index contributed by atoms with van der Waals surface area (Å²) >= 11 is 3.13. The molecule has 120 valence electrons. The van der Waals surface area contributed by atoms with Crippen molar-refractivity contribution in [1.82, 2.24) is 10.3 Å². The van der Waals surface area contributed by atoms with E-state index in [0.717, 1.165) is 17.0 Å². The molecule has 2 aromatic rings. The molecular formula is C16H16N2O3S2. The van der Waals surface area contributed by atoms with Gasteiger partial charge in [0.25, 0.3) is 5.91 Å². The third-order valence-corrected chi connectivity index (χ3v) is 5.80. The summed E-state index contributed by atoms with van der Waals surface area (Å²) in [6.07, 6.45) is 0.443. The van der Waals surface area contributed by atoms with Crippen LogP contribution in [-0.2, 0) is 4.79 Å². The number of aromatic nitrogens is 1. The average Bonchev–Trinajstić information content (AvgIpc) is 3.19. The van der Waals surface area contributed by atoms with Gasteiger partial charge < -0.3 is 10.4 Å². The molecule has 0 aliphatic carbocycles. The molecule has 1 unspecified atom stereocenters. The second-order valence-corrected chi connectivity index (χ2v) is 7.37. The second kappa shape index (κ2) is 6.33. The number of thiophene rings is 1. The zero-order valence-electron chi connectivity index (χ0n) is 12.5. The van der Waals surface area contributed by atoms with Crippen LogP contribution in [0.1, 0.15) is 22.5 Å². The number of nitrogens with one attached hydrogen (secondary N) is 1. The molecule has 3 heterocycles. The molecule has 0 spiro atoms. The number of carbonyl (C=O) groups is 2. The second-order valence-electron chi connectivity index (χ2n) is 5.49. The summed E-state index contributed by atoms with van der Waals surface area (Å²) in [6, 6.07) is 5.48. The van der Waals surface area contributed by atoms with Gasteiger partial charge in [-0.3, -0.25) is 9.78 Å². The largest absolute Gasteiger partial charge is 0.479 e. The lowest BCUT2D eigenvalue weighted by Gasteiger charge is -2.24. The molecular weight excluding hydrogens is 332 g/mol. The van der Waals surface area contributed by atoms with Crippen molar-refractivity contribution in [2.75, 3.05) is 11.5 Å². The Morgan fingerprint density at radius 1 is 1.35 bits per heavy atom. The van der Waals surface area contributed by atoms with Gasteiger partial charge in [-0.2, -0.15) is 23.1 Å². The monoisotopic (exact) mass is 348 g/mol. The lowest BCUT2D eigenvalue weighted by atomic mass is 9.98. The molecule has 1 atom stereocenters. The maximum absolute atomic E-state index is 12.5. The molecule has 1 saturated heterocycles. The van der Waals surface area contributed by atoms with Crippen molar-refractivity contribution in [3.63, 3.8) is 0 Å². The van der Waals surface area contributed by atoms with Crippen LogP contribution in [0.2, 0.25) is 0 Å². The Balaban J connectivity index is 1.84. The van der Waals surface area contributed by atoms with Crippen LogP contribution in [0.4, 0.5) is 0 Å². The smallest absolute Gasteiger partial charge is 0.330 e. The van der Waals surface area contributed by atoms with Crippen LogP contribution in [0.15, 0.2) is 29.0 Å². The summed E-state index contributed by atoms with van der Waals surface area (Å²) in [6.45, 7) is 1.77. The summed E-state index contributed by atoms with van der Waals surface area (Å²) in [5.74, 6) is -0.220. The van der Waals surface area contributed by atoms with Gasteiger partial charge in [0.15, 0.2) is 0 Å². The van der Waals surface area contributed by atoms with Crippen LogP contribution < -0.4 is 5.32 Å². The average molecular weight is 348 g/mol. The van der Waals surface area contributed by atoms with Gasteiger partial charge in [-0.25, -0.2) is 4.79 Å². The number of nitrogens with zero attached hydrogens (tertiary/aromatic N) is 1. The Kier molecular flexibility index (Phi) is 4.41. The van der Waals surface area contributed by atoms with Gasteiger partial charge >= 0.3 is 5.97 Å². The van der Waals surface area contributed by atoms with Crippen LogP contribution in [0.3, 0.4) is 0 Å². The molecule has 7 heteroatoms. The van der Waals surface area contributed by atoms with E-state index < -0.39 is 11.5 Å². The Labute approximate surface area is 142 Å². The molecule has 5 nitrogen and oxygen atoms in total. The fraction of sp³-hybridized carbons (Fsp3) is 0.312. The van der Waals surface area contributed by atoms with Crippen molar-refractivity contribution in [3.8, 4) is 11.3 Å². The van der Waals surface area contributed by atoms with Gasteiger partial charge in [0.1, 0.15) is 5.54 Å². The minimum atomic E-state index is -1.17. The summed E-state index contributed by atoms with van der Waals surface area (Å²) in [4.78, 5) is 28.5. The molecule has 0 saturated carbocycles.